The van der Waals surface area contributed by atoms with Gasteiger partial charge in [-0.1, -0.05) is 11.8 Å². The Morgan fingerprint density at radius 3 is 2.90 bits per heavy atom. The third-order valence-electron chi connectivity index (χ3n) is 2.49. The minimum Gasteiger partial charge on any atom is -0.495 e. The van der Waals surface area contributed by atoms with Gasteiger partial charge in [0.15, 0.2) is 0 Å². The molecule has 2 rings (SSSR count). The highest BCUT2D eigenvalue weighted by molar-refractivity contribution is 7.92. The van der Waals surface area contributed by atoms with Crippen LogP contribution in [0.1, 0.15) is 5.56 Å². The lowest BCUT2D eigenvalue weighted by atomic mass is 10.2. The fourth-order valence-corrected chi connectivity index (χ4v) is 2.78. The van der Waals surface area contributed by atoms with Gasteiger partial charge in [-0.05, 0) is 18.2 Å². The van der Waals surface area contributed by atoms with E-state index in [1.54, 1.807) is 6.07 Å². The lowest BCUT2D eigenvalue weighted by molar-refractivity contribution is 0.350. The number of ether oxygens (including phenoxy) is 1. The number of nitrogens with zero attached hydrogens (tertiary/aromatic N) is 1. The van der Waals surface area contributed by atoms with Gasteiger partial charge in [0, 0.05) is 18.0 Å². The molecule has 0 radical (unpaired) electrons. The van der Waals surface area contributed by atoms with Gasteiger partial charge in [0.05, 0.1) is 7.11 Å². The predicted octanol–water partition coefficient (Wildman–Crippen LogP) is 0.563. The minimum absolute atomic E-state index is 0.0638. The Bertz CT molecular complexity index is 773. The zero-order chi connectivity index (χ0) is 15.3. The van der Waals surface area contributed by atoms with Crippen molar-refractivity contribution >= 4 is 16.0 Å². The van der Waals surface area contributed by atoms with Crippen molar-refractivity contribution < 1.29 is 18.3 Å². The third kappa shape index (κ3) is 3.53. The zero-order valence-electron chi connectivity index (χ0n) is 11.1. The first-order chi connectivity index (χ1) is 10.1. The molecule has 0 saturated heterocycles. The first kappa shape index (κ1) is 14.9. The number of nitrogens with one attached hydrogen (secondary N) is 2. The standard InChI is InChI=1S/C13H13N3O4S/c1-20-11-5-4-10(3-2-8-17)9-12(11)21(18,19)16-13-14-6-7-15-13/h4-7,9,17H,8H2,1H3,(H2,14,15,16). The van der Waals surface area contributed by atoms with Crippen LogP contribution in [0.25, 0.3) is 0 Å². The van der Waals surface area contributed by atoms with Gasteiger partial charge in [0.25, 0.3) is 10.0 Å². The van der Waals surface area contributed by atoms with Gasteiger partial charge in [0.1, 0.15) is 17.3 Å². The molecule has 0 unspecified atom stereocenters. The highest BCUT2D eigenvalue weighted by Crippen LogP contribution is 2.26. The van der Waals surface area contributed by atoms with Crippen LogP contribution in [0, 0.1) is 11.8 Å². The molecule has 0 fully saturated rings. The molecular formula is C13H13N3O4S. The van der Waals surface area contributed by atoms with E-state index in [1.165, 1.54) is 31.6 Å². The van der Waals surface area contributed by atoms with Crippen molar-refractivity contribution in [3.63, 3.8) is 0 Å². The van der Waals surface area contributed by atoms with Gasteiger partial charge in [-0.25, -0.2) is 18.1 Å². The number of H-pyrrole nitrogens is 1. The van der Waals surface area contributed by atoms with Crippen LogP contribution in [-0.2, 0) is 10.0 Å². The van der Waals surface area contributed by atoms with E-state index in [-0.39, 0.29) is 23.2 Å². The normalized spacial score (nSPS) is 10.6. The molecule has 21 heavy (non-hydrogen) atoms. The van der Waals surface area contributed by atoms with Crippen molar-refractivity contribution in [1.29, 1.82) is 0 Å². The van der Waals surface area contributed by atoms with Crippen molar-refractivity contribution in [2.75, 3.05) is 18.4 Å². The lowest BCUT2D eigenvalue weighted by Gasteiger charge is -2.10. The SMILES string of the molecule is COc1ccc(C#CCO)cc1S(=O)(=O)Nc1ncc[nH]1. The fourth-order valence-electron chi connectivity index (χ4n) is 1.61. The number of aromatic nitrogens is 2. The summed E-state index contributed by atoms with van der Waals surface area (Å²) in [6, 6.07) is 4.47. The first-order valence-electron chi connectivity index (χ1n) is 5.87. The number of anilines is 1. The van der Waals surface area contributed by atoms with E-state index < -0.39 is 10.0 Å². The smallest absolute Gasteiger partial charge is 0.267 e. The van der Waals surface area contributed by atoms with Gasteiger partial charge in [-0.15, -0.1) is 0 Å². The van der Waals surface area contributed by atoms with Gasteiger partial charge in [-0.2, -0.15) is 0 Å². The summed E-state index contributed by atoms with van der Waals surface area (Å²) in [4.78, 5) is 6.39. The molecule has 0 saturated carbocycles. The summed E-state index contributed by atoms with van der Waals surface area (Å²) in [6.07, 6.45) is 2.93. The van der Waals surface area contributed by atoms with Crippen molar-refractivity contribution in [3.05, 3.63) is 36.2 Å². The van der Waals surface area contributed by atoms with E-state index in [1.807, 2.05) is 0 Å². The maximum atomic E-state index is 12.4. The summed E-state index contributed by atoms with van der Waals surface area (Å²) < 4.78 is 32.1. The van der Waals surface area contributed by atoms with Crippen molar-refractivity contribution in [3.8, 4) is 17.6 Å². The highest BCUT2D eigenvalue weighted by Gasteiger charge is 2.21. The lowest BCUT2D eigenvalue weighted by Crippen LogP contribution is -2.15. The van der Waals surface area contributed by atoms with Crippen LogP contribution in [0.3, 0.4) is 0 Å². The number of benzene rings is 1. The molecule has 0 bridgehead atoms. The molecule has 1 aromatic carbocycles. The van der Waals surface area contributed by atoms with E-state index in [2.05, 4.69) is 26.5 Å². The third-order valence-corrected chi connectivity index (χ3v) is 3.85. The quantitative estimate of drug-likeness (QED) is 0.716. The molecule has 1 aromatic heterocycles. The average Bonchev–Trinajstić information content (AvgIpc) is 2.97. The maximum Gasteiger partial charge on any atom is 0.267 e. The number of aliphatic hydroxyl groups is 1. The van der Waals surface area contributed by atoms with Crippen LogP contribution in [0.2, 0.25) is 0 Å². The van der Waals surface area contributed by atoms with Crippen LogP contribution >= 0.6 is 0 Å². The van der Waals surface area contributed by atoms with Crippen LogP contribution in [0.4, 0.5) is 5.95 Å². The number of hydrogen-bond acceptors (Lipinski definition) is 5. The highest BCUT2D eigenvalue weighted by atomic mass is 32.2. The summed E-state index contributed by atoms with van der Waals surface area (Å²) in [6.45, 7) is -0.307. The fraction of sp³-hybridized carbons (Fsp3) is 0.154. The number of sulfonamides is 1. The molecular weight excluding hydrogens is 294 g/mol. The number of aromatic amines is 1. The number of rotatable bonds is 4. The zero-order valence-corrected chi connectivity index (χ0v) is 11.9. The molecule has 3 N–H and O–H groups in total. The topological polar surface area (TPSA) is 104 Å². The number of hydrogen-bond donors (Lipinski definition) is 3. The summed E-state index contributed by atoms with van der Waals surface area (Å²) in [5, 5.41) is 8.69. The summed E-state index contributed by atoms with van der Waals surface area (Å²) in [7, 11) is -2.50. The van der Waals surface area contributed by atoms with E-state index in [0.29, 0.717) is 5.56 Å². The first-order valence-corrected chi connectivity index (χ1v) is 7.35. The summed E-state index contributed by atoms with van der Waals surface area (Å²) >= 11 is 0. The molecule has 0 atom stereocenters. The minimum atomic E-state index is -3.87. The Hall–Kier alpha value is -2.50. The Kier molecular flexibility index (Phi) is 4.47. The second kappa shape index (κ2) is 6.30. The molecule has 7 nitrogen and oxygen atoms in total. The molecule has 0 spiro atoms. The molecule has 2 aromatic rings. The van der Waals surface area contributed by atoms with Gasteiger partial charge in [0.2, 0.25) is 5.95 Å². The monoisotopic (exact) mass is 307 g/mol. The number of imidazole rings is 1. The van der Waals surface area contributed by atoms with Crippen LogP contribution in [0.15, 0.2) is 35.5 Å². The van der Waals surface area contributed by atoms with E-state index in [0.717, 1.165) is 0 Å². The second-order valence-corrected chi connectivity index (χ2v) is 5.52. The van der Waals surface area contributed by atoms with Crippen molar-refractivity contribution in [2.24, 2.45) is 0 Å². The molecule has 1 heterocycles. The van der Waals surface area contributed by atoms with Crippen LogP contribution < -0.4 is 9.46 Å². The largest absolute Gasteiger partial charge is 0.495 e. The van der Waals surface area contributed by atoms with Crippen LogP contribution in [0.5, 0.6) is 5.75 Å². The van der Waals surface area contributed by atoms with Gasteiger partial charge >= 0.3 is 0 Å². The Balaban J connectivity index is 2.44. The molecule has 8 heteroatoms. The Labute approximate surface area is 122 Å². The molecule has 0 amide bonds. The maximum absolute atomic E-state index is 12.4. The van der Waals surface area contributed by atoms with Crippen molar-refractivity contribution in [2.45, 2.75) is 4.90 Å². The van der Waals surface area contributed by atoms with Crippen molar-refractivity contribution in [1.82, 2.24) is 9.97 Å². The second-order valence-electron chi connectivity index (χ2n) is 3.87. The van der Waals surface area contributed by atoms with Gasteiger partial charge < -0.3 is 14.8 Å². The summed E-state index contributed by atoms with van der Waals surface area (Å²) in [5.74, 6) is 5.39. The predicted molar refractivity (Wildman–Crippen MR) is 76.4 cm³/mol. The Morgan fingerprint density at radius 1 is 1.48 bits per heavy atom. The molecule has 0 aliphatic rings. The van der Waals surface area contributed by atoms with E-state index in [4.69, 9.17) is 9.84 Å². The average molecular weight is 307 g/mol. The molecule has 0 aliphatic heterocycles. The van der Waals surface area contributed by atoms with E-state index in [9.17, 15) is 8.42 Å². The van der Waals surface area contributed by atoms with Crippen LogP contribution in [-0.4, -0.2) is 37.2 Å². The summed E-state index contributed by atoms with van der Waals surface area (Å²) in [5.41, 5.74) is 0.449. The molecule has 110 valence electrons. The molecule has 0 aliphatic carbocycles. The Morgan fingerprint density at radius 2 is 2.29 bits per heavy atom. The van der Waals surface area contributed by atoms with Gasteiger partial charge in [-0.3, -0.25) is 0 Å². The number of aliphatic hydroxyl groups excluding tert-OH is 1. The number of methoxy groups -OCH3 is 1. The van der Waals surface area contributed by atoms with E-state index >= 15 is 0 Å².